The molecule has 7 unspecified atom stereocenters. The van der Waals surface area contributed by atoms with Crippen molar-refractivity contribution >= 4 is 0 Å². The molecule has 0 aliphatic heterocycles. The van der Waals surface area contributed by atoms with E-state index in [9.17, 15) is 0 Å². The molecule has 3 fully saturated rings. The van der Waals surface area contributed by atoms with Crippen LogP contribution in [0.1, 0.15) is 105 Å². The maximum atomic E-state index is 5.92. The molecule has 0 spiro atoms. The van der Waals surface area contributed by atoms with E-state index in [0.29, 0.717) is 10.8 Å². The first-order chi connectivity index (χ1) is 11.9. The van der Waals surface area contributed by atoms with Crippen molar-refractivity contribution < 1.29 is 0 Å². The lowest BCUT2D eigenvalue weighted by molar-refractivity contribution is 0.00787. The normalized spacial score (nSPS) is 46.9. The standard InChI is InChI=1S/C24H45N/c1-18(14-17-25)22-12-11-21-10-7-9-20-8-5-6-15-23(20,3)19(2)13-16-24(21,22)4/h18-22H,5-17,25H2,1-4H3. The Morgan fingerprint density at radius 3 is 2.24 bits per heavy atom. The zero-order valence-electron chi connectivity index (χ0n) is 17.7. The van der Waals surface area contributed by atoms with Gasteiger partial charge in [0.05, 0.1) is 0 Å². The third-order valence-electron chi connectivity index (χ3n) is 9.71. The van der Waals surface area contributed by atoms with Crippen LogP contribution in [-0.4, -0.2) is 6.54 Å². The summed E-state index contributed by atoms with van der Waals surface area (Å²) in [4.78, 5) is 0. The lowest BCUT2D eigenvalue weighted by Gasteiger charge is -2.49. The largest absolute Gasteiger partial charge is 0.330 e. The summed E-state index contributed by atoms with van der Waals surface area (Å²) in [6.45, 7) is 11.3. The minimum absolute atomic E-state index is 0.584. The SMILES string of the molecule is CC(CCN)C1CCC2CCCC3CCCCC3(C)C(C)CCC21C. The van der Waals surface area contributed by atoms with Gasteiger partial charge in [-0.05, 0) is 105 Å². The van der Waals surface area contributed by atoms with Crippen LogP contribution in [0, 0.1) is 40.4 Å². The van der Waals surface area contributed by atoms with E-state index >= 15 is 0 Å². The Morgan fingerprint density at radius 2 is 1.52 bits per heavy atom. The van der Waals surface area contributed by atoms with Gasteiger partial charge in [0.15, 0.2) is 0 Å². The van der Waals surface area contributed by atoms with Gasteiger partial charge in [-0.2, -0.15) is 0 Å². The van der Waals surface area contributed by atoms with E-state index in [4.69, 9.17) is 5.73 Å². The van der Waals surface area contributed by atoms with Crippen LogP contribution in [0.3, 0.4) is 0 Å². The molecular weight excluding hydrogens is 302 g/mol. The Bertz CT molecular complexity index is 432. The second-order valence-corrected chi connectivity index (χ2v) is 10.8. The highest BCUT2D eigenvalue weighted by Crippen LogP contribution is 2.59. The van der Waals surface area contributed by atoms with Crippen LogP contribution < -0.4 is 5.73 Å². The smallest absolute Gasteiger partial charge is 0.00746 e. The Morgan fingerprint density at radius 1 is 0.840 bits per heavy atom. The lowest BCUT2D eigenvalue weighted by atomic mass is 9.56. The van der Waals surface area contributed by atoms with Crippen LogP contribution >= 0.6 is 0 Å². The summed E-state index contributed by atoms with van der Waals surface area (Å²) in [7, 11) is 0. The van der Waals surface area contributed by atoms with Crippen LogP contribution in [0.5, 0.6) is 0 Å². The van der Waals surface area contributed by atoms with Crippen LogP contribution in [0.25, 0.3) is 0 Å². The van der Waals surface area contributed by atoms with Gasteiger partial charge in [-0.3, -0.25) is 0 Å². The van der Waals surface area contributed by atoms with Gasteiger partial charge in [-0.15, -0.1) is 0 Å². The average Bonchev–Trinajstić information content (AvgIpc) is 2.91. The topological polar surface area (TPSA) is 26.0 Å². The van der Waals surface area contributed by atoms with Crippen LogP contribution in [0.2, 0.25) is 0 Å². The quantitative estimate of drug-likeness (QED) is 0.597. The summed E-state index contributed by atoms with van der Waals surface area (Å²) in [5.41, 5.74) is 7.13. The molecule has 7 atom stereocenters. The van der Waals surface area contributed by atoms with Crippen molar-refractivity contribution in [2.75, 3.05) is 6.54 Å². The molecule has 0 aromatic carbocycles. The summed E-state index contributed by atoms with van der Waals surface area (Å²) < 4.78 is 0. The maximum Gasteiger partial charge on any atom is -0.00746 e. The summed E-state index contributed by atoms with van der Waals surface area (Å²) in [5, 5.41) is 0. The Labute approximate surface area is 157 Å². The predicted molar refractivity (Wildman–Crippen MR) is 109 cm³/mol. The molecule has 1 nitrogen and oxygen atoms in total. The Balaban J connectivity index is 1.78. The fraction of sp³-hybridized carbons (Fsp3) is 1.00. The fourth-order valence-electron chi connectivity index (χ4n) is 7.63. The van der Waals surface area contributed by atoms with Gasteiger partial charge in [-0.1, -0.05) is 47.0 Å². The van der Waals surface area contributed by atoms with Gasteiger partial charge in [-0.25, -0.2) is 0 Å². The molecular formula is C24H45N. The molecule has 146 valence electrons. The third kappa shape index (κ3) is 3.69. The van der Waals surface area contributed by atoms with Crippen molar-refractivity contribution in [3.05, 3.63) is 0 Å². The van der Waals surface area contributed by atoms with Crippen molar-refractivity contribution in [2.45, 2.75) is 105 Å². The first kappa shape index (κ1) is 19.7. The van der Waals surface area contributed by atoms with Gasteiger partial charge >= 0.3 is 0 Å². The predicted octanol–water partition coefficient (Wildman–Crippen LogP) is 6.80. The summed E-state index contributed by atoms with van der Waals surface area (Å²) >= 11 is 0. The monoisotopic (exact) mass is 347 g/mol. The van der Waals surface area contributed by atoms with Gasteiger partial charge in [0.1, 0.15) is 0 Å². The minimum atomic E-state index is 0.584. The molecule has 0 aromatic rings. The van der Waals surface area contributed by atoms with Crippen molar-refractivity contribution in [1.82, 2.24) is 0 Å². The number of rotatable bonds is 3. The van der Waals surface area contributed by atoms with E-state index < -0.39 is 0 Å². The number of hydrogen-bond donors (Lipinski definition) is 1. The highest BCUT2D eigenvalue weighted by atomic mass is 14.6. The van der Waals surface area contributed by atoms with E-state index in [-0.39, 0.29) is 0 Å². The van der Waals surface area contributed by atoms with E-state index in [1.54, 1.807) is 0 Å². The molecule has 3 aliphatic rings. The molecule has 0 saturated heterocycles. The average molecular weight is 348 g/mol. The van der Waals surface area contributed by atoms with E-state index in [1.807, 2.05) is 0 Å². The van der Waals surface area contributed by atoms with E-state index in [0.717, 1.165) is 36.1 Å². The van der Waals surface area contributed by atoms with Gasteiger partial charge in [0.25, 0.3) is 0 Å². The first-order valence-corrected chi connectivity index (χ1v) is 11.6. The number of nitrogens with two attached hydrogens (primary N) is 1. The molecule has 2 N–H and O–H groups in total. The van der Waals surface area contributed by atoms with Crippen molar-refractivity contribution in [2.24, 2.45) is 46.2 Å². The molecule has 3 saturated carbocycles. The van der Waals surface area contributed by atoms with Crippen molar-refractivity contribution in [1.29, 1.82) is 0 Å². The lowest BCUT2D eigenvalue weighted by Crippen LogP contribution is -2.40. The fourth-order valence-corrected chi connectivity index (χ4v) is 7.63. The Kier molecular flexibility index (Phi) is 6.24. The van der Waals surface area contributed by atoms with Crippen LogP contribution in [0.4, 0.5) is 0 Å². The molecule has 0 bridgehead atoms. The molecule has 3 aliphatic carbocycles. The second-order valence-electron chi connectivity index (χ2n) is 10.8. The molecule has 0 amide bonds. The summed E-state index contributed by atoms with van der Waals surface area (Å²) in [5.74, 6) is 4.63. The van der Waals surface area contributed by atoms with Crippen molar-refractivity contribution in [3.8, 4) is 0 Å². The summed E-state index contributed by atoms with van der Waals surface area (Å²) in [6.07, 6.45) is 17.6. The molecule has 0 radical (unpaired) electrons. The zero-order valence-corrected chi connectivity index (χ0v) is 17.7. The van der Waals surface area contributed by atoms with Gasteiger partial charge in [0, 0.05) is 0 Å². The highest BCUT2D eigenvalue weighted by molar-refractivity contribution is 4.99. The number of hydrogen-bond acceptors (Lipinski definition) is 1. The van der Waals surface area contributed by atoms with E-state index in [1.165, 1.54) is 77.0 Å². The number of fused-ring (bicyclic) bond motifs is 2. The molecule has 3 rings (SSSR count). The van der Waals surface area contributed by atoms with E-state index in [2.05, 4.69) is 27.7 Å². The first-order valence-electron chi connectivity index (χ1n) is 11.6. The highest BCUT2D eigenvalue weighted by Gasteiger charge is 2.49. The molecule has 0 heterocycles. The molecule has 0 aromatic heterocycles. The van der Waals surface area contributed by atoms with Gasteiger partial charge in [0.2, 0.25) is 0 Å². The Hall–Kier alpha value is -0.0400. The minimum Gasteiger partial charge on any atom is -0.330 e. The second kappa shape index (κ2) is 7.91. The molecule has 25 heavy (non-hydrogen) atoms. The zero-order chi connectivity index (χ0) is 18.1. The summed E-state index contributed by atoms with van der Waals surface area (Å²) in [6, 6.07) is 0. The van der Waals surface area contributed by atoms with Gasteiger partial charge < -0.3 is 5.73 Å². The molecule has 1 heteroatoms. The van der Waals surface area contributed by atoms with Crippen LogP contribution in [-0.2, 0) is 0 Å². The van der Waals surface area contributed by atoms with Crippen LogP contribution in [0.15, 0.2) is 0 Å². The maximum absolute atomic E-state index is 5.92. The van der Waals surface area contributed by atoms with Crippen molar-refractivity contribution in [3.63, 3.8) is 0 Å². The third-order valence-corrected chi connectivity index (χ3v) is 9.71.